The van der Waals surface area contributed by atoms with Crippen LogP contribution in [0.2, 0.25) is 0 Å². The molecule has 1 spiro atoms. The number of carbonyl (C=O) groups is 2. The second-order valence-electron chi connectivity index (χ2n) is 6.73. The summed E-state index contributed by atoms with van der Waals surface area (Å²) in [6.07, 6.45) is 1.09. The van der Waals surface area contributed by atoms with Gasteiger partial charge in [-0.3, -0.25) is 9.59 Å². The van der Waals surface area contributed by atoms with E-state index in [2.05, 4.69) is 10.3 Å². The molecule has 0 aliphatic carbocycles. The van der Waals surface area contributed by atoms with Crippen molar-refractivity contribution >= 4 is 33.4 Å². The summed E-state index contributed by atoms with van der Waals surface area (Å²) < 4.78 is 7.20. The van der Waals surface area contributed by atoms with Gasteiger partial charge in [0.25, 0.3) is 11.8 Å². The molecule has 3 heterocycles. The number of para-hydroxylation sites is 2. The van der Waals surface area contributed by atoms with Crippen LogP contribution in [0.5, 0.6) is 5.75 Å². The molecular formula is C20H17N3O3S. The third kappa shape index (κ3) is 2.54. The van der Waals surface area contributed by atoms with Crippen LogP contribution >= 0.6 is 11.3 Å². The molecule has 2 amide bonds. The lowest BCUT2D eigenvalue weighted by molar-refractivity contribution is -0.0776. The van der Waals surface area contributed by atoms with Crippen molar-refractivity contribution in [2.45, 2.75) is 18.6 Å². The van der Waals surface area contributed by atoms with Crippen LogP contribution in [-0.2, 0) is 0 Å². The first kappa shape index (κ1) is 16.4. The number of thiazole rings is 1. The van der Waals surface area contributed by atoms with Gasteiger partial charge < -0.3 is 10.1 Å². The molecule has 1 N–H and O–H groups in total. The Morgan fingerprint density at radius 3 is 2.67 bits per heavy atom. The summed E-state index contributed by atoms with van der Waals surface area (Å²) >= 11 is 1.30. The Morgan fingerprint density at radius 2 is 1.85 bits per heavy atom. The van der Waals surface area contributed by atoms with Crippen molar-refractivity contribution < 1.29 is 14.3 Å². The number of rotatable bonds is 1. The smallest absolute Gasteiger partial charge is 0.292 e. The van der Waals surface area contributed by atoms with Gasteiger partial charge in [0.1, 0.15) is 5.75 Å². The monoisotopic (exact) mass is 379 g/mol. The minimum absolute atomic E-state index is 0.311. The van der Waals surface area contributed by atoms with Gasteiger partial charge in [-0.05, 0) is 24.3 Å². The number of nitrogens with one attached hydrogen (secondary N) is 1. The number of hydrogen-bond donors (Lipinski definition) is 1. The molecule has 136 valence electrons. The Balaban J connectivity index is 1.62. The Labute approximate surface area is 159 Å². The van der Waals surface area contributed by atoms with Crippen LogP contribution < -0.4 is 10.1 Å². The van der Waals surface area contributed by atoms with Gasteiger partial charge in [0, 0.05) is 25.9 Å². The van der Waals surface area contributed by atoms with Gasteiger partial charge in [-0.2, -0.15) is 0 Å². The van der Waals surface area contributed by atoms with E-state index in [-0.39, 0.29) is 5.91 Å². The molecule has 5 rings (SSSR count). The molecule has 1 aromatic heterocycles. The van der Waals surface area contributed by atoms with E-state index in [1.807, 2.05) is 30.3 Å². The number of fused-ring (bicyclic) bond motifs is 2. The fourth-order valence-corrected chi connectivity index (χ4v) is 4.66. The number of hydrogen-bond acceptors (Lipinski definition) is 6. The third-order valence-electron chi connectivity index (χ3n) is 5.09. The fourth-order valence-electron chi connectivity index (χ4n) is 3.77. The van der Waals surface area contributed by atoms with Crippen molar-refractivity contribution in [3.63, 3.8) is 0 Å². The highest BCUT2D eigenvalue weighted by Gasteiger charge is 2.51. The van der Waals surface area contributed by atoms with Crippen LogP contribution in [0.15, 0.2) is 48.5 Å². The molecule has 0 bridgehead atoms. The largest absolute Gasteiger partial charge is 0.466 e. The first-order valence-corrected chi connectivity index (χ1v) is 9.73. The Kier molecular flexibility index (Phi) is 3.73. The Bertz CT molecular complexity index is 1020. The average molecular weight is 379 g/mol. The molecule has 0 unspecified atom stereocenters. The number of amides is 2. The van der Waals surface area contributed by atoms with Crippen LogP contribution in [0, 0.1) is 0 Å². The van der Waals surface area contributed by atoms with Crippen molar-refractivity contribution in [2.24, 2.45) is 0 Å². The molecule has 2 aliphatic rings. The molecule has 7 heteroatoms. The standard InChI is InChI=1S/C20H17N3O3S/c24-18-13-5-1-3-7-15(13)26-20(9-11-21-12-10-20)23(18)19(25)17-22-14-6-2-4-8-16(14)27-17/h1-8,21H,9-12H2. The predicted octanol–water partition coefficient (Wildman–Crippen LogP) is 3.05. The van der Waals surface area contributed by atoms with Crippen LogP contribution in [0.1, 0.15) is 33.0 Å². The van der Waals surface area contributed by atoms with Gasteiger partial charge in [-0.15, -0.1) is 11.3 Å². The molecule has 6 nitrogen and oxygen atoms in total. The number of imide groups is 1. The maximum Gasteiger partial charge on any atom is 0.292 e. The highest BCUT2D eigenvalue weighted by atomic mass is 32.1. The second kappa shape index (κ2) is 6.14. The SMILES string of the molecule is O=C(c1nc2ccccc2s1)N1C(=O)c2ccccc2OC12CCNCC2. The van der Waals surface area contributed by atoms with E-state index in [0.717, 1.165) is 10.2 Å². The normalized spacial score (nSPS) is 18.4. The van der Waals surface area contributed by atoms with E-state index in [1.54, 1.807) is 18.2 Å². The highest BCUT2D eigenvalue weighted by Crippen LogP contribution is 2.39. The molecule has 1 fully saturated rings. The summed E-state index contributed by atoms with van der Waals surface area (Å²) in [5.74, 6) is -0.168. The number of nitrogens with zero attached hydrogens (tertiary/aromatic N) is 2. The quantitative estimate of drug-likeness (QED) is 0.658. The van der Waals surface area contributed by atoms with Gasteiger partial charge in [0.2, 0.25) is 0 Å². The molecule has 3 aromatic rings. The number of ether oxygens (including phenoxy) is 1. The van der Waals surface area contributed by atoms with Gasteiger partial charge in [0.05, 0.1) is 15.8 Å². The first-order valence-electron chi connectivity index (χ1n) is 8.91. The highest BCUT2D eigenvalue weighted by molar-refractivity contribution is 7.20. The molecule has 2 aromatic carbocycles. The zero-order chi connectivity index (χ0) is 18.4. The molecule has 0 saturated carbocycles. The lowest BCUT2D eigenvalue weighted by Crippen LogP contribution is -2.64. The minimum Gasteiger partial charge on any atom is -0.466 e. The van der Waals surface area contributed by atoms with Crippen LogP contribution in [0.3, 0.4) is 0 Å². The molecule has 2 aliphatic heterocycles. The third-order valence-corrected chi connectivity index (χ3v) is 6.12. The van der Waals surface area contributed by atoms with Crippen molar-refractivity contribution in [1.82, 2.24) is 15.2 Å². The summed E-state index contributed by atoms with van der Waals surface area (Å²) in [6, 6.07) is 14.7. The van der Waals surface area contributed by atoms with Crippen molar-refractivity contribution in [3.8, 4) is 5.75 Å². The van der Waals surface area contributed by atoms with Gasteiger partial charge in [0.15, 0.2) is 10.7 Å². The van der Waals surface area contributed by atoms with Gasteiger partial charge in [-0.25, -0.2) is 9.88 Å². The number of piperidine rings is 1. The van der Waals surface area contributed by atoms with E-state index in [1.165, 1.54) is 16.2 Å². The van der Waals surface area contributed by atoms with E-state index in [9.17, 15) is 9.59 Å². The molecule has 0 atom stereocenters. The zero-order valence-electron chi connectivity index (χ0n) is 14.5. The maximum absolute atomic E-state index is 13.4. The number of aromatic nitrogens is 1. The van der Waals surface area contributed by atoms with Crippen molar-refractivity contribution in [2.75, 3.05) is 13.1 Å². The zero-order valence-corrected chi connectivity index (χ0v) is 15.3. The summed E-state index contributed by atoms with van der Waals surface area (Å²) in [7, 11) is 0. The molecular weight excluding hydrogens is 362 g/mol. The number of carbonyl (C=O) groups excluding carboxylic acids is 2. The summed E-state index contributed by atoms with van der Waals surface area (Å²) in [4.78, 5) is 32.5. The number of benzene rings is 2. The predicted molar refractivity (Wildman–Crippen MR) is 102 cm³/mol. The van der Waals surface area contributed by atoms with Crippen LogP contribution in [-0.4, -0.2) is 40.5 Å². The molecule has 27 heavy (non-hydrogen) atoms. The first-order chi connectivity index (χ1) is 13.2. The van der Waals surface area contributed by atoms with E-state index in [4.69, 9.17) is 4.74 Å². The topological polar surface area (TPSA) is 71.5 Å². The summed E-state index contributed by atoms with van der Waals surface area (Å²) in [5, 5.41) is 3.58. The fraction of sp³-hybridized carbons (Fsp3) is 0.250. The van der Waals surface area contributed by atoms with Crippen molar-refractivity contribution in [1.29, 1.82) is 0 Å². The molecule has 1 saturated heterocycles. The Hall–Kier alpha value is -2.77. The minimum atomic E-state index is -0.967. The molecule has 0 radical (unpaired) electrons. The maximum atomic E-state index is 13.4. The lowest BCUT2D eigenvalue weighted by Gasteiger charge is -2.47. The van der Waals surface area contributed by atoms with Crippen molar-refractivity contribution in [3.05, 3.63) is 59.1 Å². The van der Waals surface area contributed by atoms with Crippen LogP contribution in [0.25, 0.3) is 10.2 Å². The van der Waals surface area contributed by atoms with E-state index < -0.39 is 11.6 Å². The average Bonchev–Trinajstić information content (AvgIpc) is 3.13. The second-order valence-corrected chi connectivity index (χ2v) is 7.76. The summed E-state index contributed by atoms with van der Waals surface area (Å²) in [6.45, 7) is 1.36. The van der Waals surface area contributed by atoms with E-state index in [0.29, 0.717) is 42.3 Å². The summed E-state index contributed by atoms with van der Waals surface area (Å²) in [5.41, 5.74) is 0.207. The lowest BCUT2D eigenvalue weighted by atomic mass is 9.95. The Morgan fingerprint density at radius 1 is 1.11 bits per heavy atom. The van der Waals surface area contributed by atoms with Gasteiger partial charge in [-0.1, -0.05) is 24.3 Å². The van der Waals surface area contributed by atoms with Gasteiger partial charge >= 0.3 is 0 Å². The van der Waals surface area contributed by atoms with E-state index >= 15 is 0 Å². The van der Waals surface area contributed by atoms with Crippen LogP contribution in [0.4, 0.5) is 0 Å².